The number of methoxy groups -OCH3 is 1. The molecule has 1 aromatic rings. The SMILES string of the molecule is COc1ccc(C)cc1N(C)C(=O)[C@@H]1CCCN1. The zero-order valence-corrected chi connectivity index (χ0v) is 11.2. The van der Waals surface area contributed by atoms with E-state index in [9.17, 15) is 4.79 Å². The fourth-order valence-corrected chi connectivity index (χ4v) is 2.31. The van der Waals surface area contributed by atoms with Gasteiger partial charge in [0.05, 0.1) is 18.8 Å². The number of likely N-dealkylation sites (N-methyl/N-ethyl adjacent to an activating group) is 1. The van der Waals surface area contributed by atoms with E-state index in [1.54, 1.807) is 19.1 Å². The number of carbonyl (C=O) groups excluding carboxylic acids is 1. The fraction of sp³-hybridized carbons (Fsp3) is 0.500. The minimum atomic E-state index is -0.0554. The topological polar surface area (TPSA) is 41.6 Å². The quantitative estimate of drug-likeness (QED) is 0.885. The number of amides is 1. The maximum atomic E-state index is 12.3. The van der Waals surface area contributed by atoms with Gasteiger partial charge in [-0.05, 0) is 44.0 Å². The Morgan fingerprint density at radius 2 is 2.28 bits per heavy atom. The molecule has 1 N–H and O–H groups in total. The molecule has 0 spiro atoms. The molecule has 98 valence electrons. The van der Waals surface area contributed by atoms with Crippen molar-refractivity contribution < 1.29 is 9.53 Å². The highest BCUT2D eigenvalue weighted by Crippen LogP contribution is 2.29. The highest BCUT2D eigenvalue weighted by molar-refractivity contribution is 5.98. The van der Waals surface area contributed by atoms with Gasteiger partial charge in [0.2, 0.25) is 5.91 Å². The van der Waals surface area contributed by atoms with Crippen molar-refractivity contribution in [2.45, 2.75) is 25.8 Å². The normalized spacial score (nSPS) is 18.7. The smallest absolute Gasteiger partial charge is 0.243 e. The van der Waals surface area contributed by atoms with Crippen LogP contribution in [0, 0.1) is 6.92 Å². The largest absolute Gasteiger partial charge is 0.495 e. The number of carbonyl (C=O) groups is 1. The molecule has 4 heteroatoms. The van der Waals surface area contributed by atoms with E-state index in [-0.39, 0.29) is 11.9 Å². The van der Waals surface area contributed by atoms with Gasteiger partial charge in [-0.1, -0.05) is 6.07 Å². The first kappa shape index (κ1) is 12.9. The lowest BCUT2D eigenvalue weighted by atomic mass is 10.1. The standard InChI is InChI=1S/C14H20N2O2/c1-10-6-7-13(18-3)12(9-10)16(2)14(17)11-5-4-8-15-11/h6-7,9,11,15H,4-5,8H2,1-3H3/t11-/m0/s1. The Kier molecular flexibility index (Phi) is 3.87. The Hall–Kier alpha value is -1.55. The average molecular weight is 248 g/mol. The predicted molar refractivity (Wildman–Crippen MR) is 72.2 cm³/mol. The summed E-state index contributed by atoms with van der Waals surface area (Å²) in [5.74, 6) is 0.839. The molecule has 0 saturated carbocycles. The van der Waals surface area contributed by atoms with Crippen molar-refractivity contribution in [1.82, 2.24) is 5.32 Å². The van der Waals surface area contributed by atoms with E-state index in [4.69, 9.17) is 4.74 Å². The molecule has 2 rings (SSSR count). The summed E-state index contributed by atoms with van der Waals surface area (Å²) in [6.07, 6.45) is 1.98. The third-order valence-electron chi connectivity index (χ3n) is 3.38. The third-order valence-corrected chi connectivity index (χ3v) is 3.38. The van der Waals surface area contributed by atoms with Crippen LogP contribution in [0.4, 0.5) is 5.69 Å². The van der Waals surface area contributed by atoms with Gasteiger partial charge in [-0.15, -0.1) is 0 Å². The van der Waals surface area contributed by atoms with Crippen LogP contribution in [-0.4, -0.2) is 32.7 Å². The van der Waals surface area contributed by atoms with E-state index in [1.807, 2.05) is 25.1 Å². The number of benzene rings is 1. The Balaban J connectivity index is 2.24. The fourth-order valence-electron chi connectivity index (χ4n) is 2.31. The first-order chi connectivity index (χ1) is 8.63. The van der Waals surface area contributed by atoms with Crippen LogP contribution in [0.25, 0.3) is 0 Å². The molecule has 0 bridgehead atoms. The number of rotatable bonds is 3. The van der Waals surface area contributed by atoms with Gasteiger partial charge in [-0.25, -0.2) is 0 Å². The van der Waals surface area contributed by atoms with Gasteiger partial charge in [0, 0.05) is 7.05 Å². The van der Waals surface area contributed by atoms with E-state index in [1.165, 1.54) is 0 Å². The number of hydrogen-bond donors (Lipinski definition) is 1. The second kappa shape index (κ2) is 5.40. The number of ether oxygens (including phenoxy) is 1. The van der Waals surface area contributed by atoms with Crippen molar-refractivity contribution in [3.63, 3.8) is 0 Å². The van der Waals surface area contributed by atoms with Crippen LogP contribution in [0.15, 0.2) is 18.2 Å². The molecular formula is C14H20N2O2. The van der Waals surface area contributed by atoms with Gasteiger partial charge in [-0.2, -0.15) is 0 Å². The molecule has 1 atom stereocenters. The maximum Gasteiger partial charge on any atom is 0.243 e. The lowest BCUT2D eigenvalue weighted by Gasteiger charge is -2.23. The molecular weight excluding hydrogens is 228 g/mol. The summed E-state index contributed by atoms with van der Waals surface area (Å²) in [4.78, 5) is 14.0. The van der Waals surface area contributed by atoms with Crippen LogP contribution in [-0.2, 0) is 4.79 Å². The second-order valence-electron chi connectivity index (χ2n) is 4.72. The van der Waals surface area contributed by atoms with Crippen LogP contribution in [0.5, 0.6) is 5.75 Å². The van der Waals surface area contributed by atoms with Crippen molar-refractivity contribution in [3.8, 4) is 5.75 Å². The maximum absolute atomic E-state index is 12.3. The number of nitrogens with one attached hydrogen (secondary N) is 1. The molecule has 1 aliphatic heterocycles. The molecule has 1 aromatic carbocycles. The van der Waals surface area contributed by atoms with Crippen LogP contribution in [0.1, 0.15) is 18.4 Å². The van der Waals surface area contributed by atoms with Crippen molar-refractivity contribution in [1.29, 1.82) is 0 Å². The number of nitrogens with zero attached hydrogens (tertiary/aromatic N) is 1. The van der Waals surface area contributed by atoms with Crippen molar-refractivity contribution in [3.05, 3.63) is 23.8 Å². The Morgan fingerprint density at radius 1 is 1.50 bits per heavy atom. The summed E-state index contributed by atoms with van der Waals surface area (Å²) in [5, 5.41) is 3.23. The van der Waals surface area contributed by atoms with Crippen LogP contribution in [0.3, 0.4) is 0 Å². The van der Waals surface area contributed by atoms with Gasteiger partial charge in [0.15, 0.2) is 0 Å². The first-order valence-electron chi connectivity index (χ1n) is 6.29. The van der Waals surface area contributed by atoms with Gasteiger partial charge in [0.1, 0.15) is 5.75 Å². The lowest BCUT2D eigenvalue weighted by molar-refractivity contribution is -0.119. The highest BCUT2D eigenvalue weighted by atomic mass is 16.5. The molecule has 1 fully saturated rings. The van der Waals surface area contributed by atoms with Crippen LogP contribution < -0.4 is 15.0 Å². The van der Waals surface area contributed by atoms with E-state index < -0.39 is 0 Å². The average Bonchev–Trinajstić information content (AvgIpc) is 2.90. The molecule has 0 radical (unpaired) electrons. The number of anilines is 1. The second-order valence-corrected chi connectivity index (χ2v) is 4.72. The van der Waals surface area contributed by atoms with E-state index >= 15 is 0 Å². The monoisotopic (exact) mass is 248 g/mol. The van der Waals surface area contributed by atoms with E-state index in [0.29, 0.717) is 0 Å². The summed E-state index contributed by atoms with van der Waals surface area (Å²) in [6.45, 7) is 2.93. The lowest BCUT2D eigenvalue weighted by Crippen LogP contribution is -2.41. The zero-order valence-electron chi connectivity index (χ0n) is 11.2. The van der Waals surface area contributed by atoms with Crippen molar-refractivity contribution >= 4 is 11.6 Å². The molecule has 1 amide bonds. The van der Waals surface area contributed by atoms with Crippen LogP contribution >= 0.6 is 0 Å². The minimum absolute atomic E-state index is 0.0554. The predicted octanol–water partition coefficient (Wildman–Crippen LogP) is 1.72. The van der Waals surface area contributed by atoms with E-state index in [2.05, 4.69) is 5.32 Å². The molecule has 1 heterocycles. The first-order valence-corrected chi connectivity index (χ1v) is 6.29. The highest BCUT2D eigenvalue weighted by Gasteiger charge is 2.26. The summed E-state index contributed by atoms with van der Waals surface area (Å²) in [5.41, 5.74) is 1.95. The van der Waals surface area contributed by atoms with E-state index in [0.717, 1.165) is 36.4 Å². The molecule has 0 unspecified atom stereocenters. The summed E-state index contributed by atoms with van der Waals surface area (Å²) in [6, 6.07) is 5.80. The van der Waals surface area contributed by atoms with Gasteiger partial charge >= 0.3 is 0 Å². The Morgan fingerprint density at radius 3 is 2.89 bits per heavy atom. The molecule has 1 saturated heterocycles. The summed E-state index contributed by atoms with van der Waals surface area (Å²) < 4.78 is 5.32. The molecule has 18 heavy (non-hydrogen) atoms. The van der Waals surface area contributed by atoms with Gasteiger partial charge < -0.3 is 15.0 Å². The van der Waals surface area contributed by atoms with Crippen LogP contribution in [0.2, 0.25) is 0 Å². The zero-order chi connectivity index (χ0) is 13.1. The molecule has 1 aliphatic rings. The molecule has 0 aromatic heterocycles. The van der Waals surface area contributed by atoms with Crippen molar-refractivity contribution in [2.75, 3.05) is 25.6 Å². The minimum Gasteiger partial charge on any atom is -0.495 e. The Bertz CT molecular complexity index is 439. The molecule has 0 aliphatic carbocycles. The number of aryl methyl sites for hydroxylation is 1. The van der Waals surface area contributed by atoms with Gasteiger partial charge in [-0.3, -0.25) is 4.79 Å². The van der Waals surface area contributed by atoms with Gasteiger partial charge in [0.25, 0.3) is 0 Å². The molecule has 4 nitrogen and oxygen atoms in total. The Labute approximate surface area is 108 Å². The summed E-state index contributed by atoms with van der Waals surface area (Å²) >= 11 is 0. The van der Waals surface area contributed by atoms with Crippen molar-refractivity contribution in [2.24, 2.45) is 0 Å². The summed E-state index contributed by atoms with van der Waals surface area (Å²) in [7, 11) is 3.43. The number of hydrogen-bond acceptors (Lipinski definition) is 3. The third kappa shape index (κ3) is 2.48.